The molecule has 4 rings (SSSR count). The Balaban J connectivity index is 1.40. The van der Waals surface area contributed by atoms with Gasteiger partial charge in [0.2, 0.25) is 0 Å². The van der Waals surface area contributed by atoms with Crippen LogP contribution in [0.5, 0.6) is 5.88 Å². The first-order valence-electron chi connectivity index (χ1n) is 8.22. The molecule has 1 N–H and O–H groups in total. The molecule has 23 heavy (non-hydrogen) atoms. The summed E-state index contributed by atoms with van der Waals surface area (Å²) in [6.07, 6.45) is 2.77. The highest BCUT2D eigenvalue weighted by atomic mass is 32.1. The number of aromatic nitrogens is 2. The molecule has 1 aromatic heterocycles. The molecule has 0 spiro atoms. The molecule has 2 aromatic rings. The van der Waals surface area contributed by atoms with Gasteiger partial charge in [-0.15, -0.1) is 4.37 Å². The number of ether oxygens (including phenoxy) is 1. The first kappa shape index (κ1) is 15.1. The van der Waals surface area contributed by atoms with Crippen LogP contribution in [-0.2, 0) is 6.42 Å². The number of fused-ring (bicyclic) bond motifs is 2. The third-order valence-electron chi connectivity index (χ3n) is 4.96. The van der Waals surface area contributed by atoms with Crippen molar-refractivity contribution < 1.29 is 9.84 Å². The van der Waals surface area contributed by atoms with Gasteiger partial charge in [0.05, 0.1) is 30.5 Å². The number of hydrogen-bond donors (Lipinski definition) is 1. The molecule has 3 heterocycles. The topological polar surface area (TPSA) is 58.5 Å². The Morgan fingerprint density at radius 3 is 2.91 bits per heavy atom. The minimum absolute atomic E-state index is 0.186. The minimum Gasteiger partial charge on any atom is -0.475 e. The molecule has 2 fully saturated rings. The molecule has 4 atom stereocenters. The van der Waals surface area contributed by atoms with E-state index in [0.29, 0.717) is 18.4 Å². The van der Waals surface area contributed by atoms with Crippen molar-refractivity contribution in [2.75, 3.05) is 19.7 Å². The van der Waals surface area contributed by atoms with E-state index in [1.807, 2.05) is 18.2 Å². The second-order valence-electron chi connectivity index (χ2n) is 6.41. The quantitative estimate of drug-likeness (QED) is 0.911. The predicted molar refractivity (Wildman–Crippen MR) is 88.6 cm³/mol. The number of benzene rings is 1. The smallest absolute Gasteiger partial charge is 0.250 e. The number of aliphatic hydroxyl groups excluding tert-OH is 1. The number of aliphatic hydroxyl groups is 1. The van der Waals surface area contributed by atoms with E-state index in [1.165, 1.54) is 17.3 Å². The summed E-state index contributed by atoms with van der Waals surface area (Å²) in [5.41, 5.74) is 2.22. The maximum atomic E-state index is 10.0. The van der Waals surface area contributed by atoms with Gasteiger partial charge in [0.1, 0.15) is 5.69 Å². The lowest BCUT2D eigenvalue weighted by atomic mass is 9.93. The summed E-state index contributed by atoms with van der Waals surface area (Å²) in [5.74, 6) is 1.11. The van der Waals surface area contributed by atoms with Gasteiger partial charge in [0.25, 0.3) is 5.88 Å². The van der Waals surface area contributed by atoms with Crippen LogP contribution < -0.4 is 4.74 Å². The number of piperidine rings is 1. The Kier molecular flexibility index (Phi) is 4.29. The largest absolute Gasteiger partial charge is 0.475 e. The van der Waals surface area contributed by atoms with E-state index in [0.717, 1.165) is 38.0 Å². The van der Waals surface area contributed by atoms with E-state index in [1.54, 1.807) is 0 Å². The normalized spacial score (nSPS) is 29.6. The van der Waals surface area contributed by atoms with E-state index < -0.39 is 0 Å². The van der Waals surface area contributed by atoms with Gasteiger partial charge in [-0.05, 0) is 24.3 Å². The highest BCUT2D eigenvalue weighted by Crippen LogP contribution is 2.41. The van der Waals surface area contributed by atoms with Crippen LogP contribution in [0.1, 0.15) is 30.1 Å². The van der Waals surface area contributed by atoms with Crippen molar-refractivity contribution in [2.45, 2.75) is 31.4 Å². The summed E-state index contributed by atoms with van der Waals surface area (Å²) in [6, 6.07) is 10.6. The van der Waals surface area contributed by atoms with Crippen LogP contribution in [-0.4, -0.2) is 44.6 Å². The third-order valence-corrected chi connectivity index (χ3v) is 5.48. The summed E-state index contributed by atoms with van der Waals surface area (Å²) >= 11 is 1.22. The van der Waals surface area contributed by atoms with E-state index in [2.05, 4.69) is 25.8 Å². The Morgan fingerprint density at radius 2 is 2.04 bits per heavy atom. The zero-order valence-corrected chi connectivity index (χ0v) is 13.8. The summed E-state index contributed by atoms with van der Waals surface area (Å²) < 4.78 is 14.7. The van der Waals surface area contributed by atoms with Gasteiger partial charge in [-0.2, -0.15) is 4.37 Å². The Hall–Kier alpha value is -1.50. The van der Waals surface area contributed by atoms with Crippen LogP contribution in [0, 0.1) is 5.92 Å². The highest BCUT2D eigenvalue weighted by Gasteiger charge is 2.42. The number of nitrogens with zero attached hydrogens (tertiary/aromatic N) is 3. The third kappa shape index (κ3) is 3.11. The molecule has 4 unspecified atom stereocenters. The molecule has 2 saturated heterocycles. The van der Waals surface area contributed by atoms with Gasteiger partial charge in [-0.25, -0.2) is 0 Å². The summed E-state index contributed by atoms with van der Waals surface area (Å²) in [7, 11) is 0. The Labute approximate surface area is 140 Å². The standard InChI is InChI=1S/C17H21N3O2S/c21-15-11-20-10-13(15)6-7-14(20)16-17(19-23-18-16)22-9-8-12-4-2-1-3-5-12/h1-5,13-15,21H,6-11H2. The molecule has 2 bridgehead atoms. The molecule has 0 radical (unpaired) electrons. The lowest BCUT2D eigenvalue weighted by Crippen LogP contribution is -2.31. The molecule has 0 amide bonds. The van der Waals surface area contributed by atoms with Crippen LogP contribution in [0.4, 0.5) is 0 Å². The average Bonchev–Trinajstić information content (AvgIpc) is 3.15. The molecular formula is C17H21N3O2S. The lowest BCUT2D eigenvalue weighted by molar-refractivity contribution is 0.144. The fraction of sp³-hybridized carbons (Fsp3) is 0.529. The Morgan fingerprint density at radius 1 is 1.17 bits per heavy atom. The van der Waals surface area contributed by atoms with Gasteiger partial charge < -0.3 is 9.84 Å². The van der Waals surface area contributed by atoms with Gasteiger partial charge in [0, 0.05) is 19.5 Å². The second kappa shape index (κ2) is 6.55. The van der Waals surface area contributed by atoms with Crippen LogP contribution >= 0.6 is 11.7 Å². The van der Waals surface area contributed by atoms with Crippen LogP contribution in [0.2, 0.25) is 0 Å². The van der Waals surface area contributed by atoms with Crippen molar-refractivity contribution in [1.29, 1.82) is 0 Å². The molecule has 2 aliphatic rings. The van der Waals surface area contributed by atoms with Crippen molar-refractivity contribution in [3.63, 3.8) is 0 Å². The minimum atomic E-state index is -0.186. The zero-order chi connectivity index (χ0) is 15.6. The fourth-order valence-corrected chi connectivity index (χ4v) is 4.24. The molecule has 6 heteroatoms. The van der Waals surface area contributed by atoms with Gasteiger partial charge in [-0.3, -0.25) is 4.90 Å². The van der Waals surface area contributed by atoms with E-state index in [4.69, 9.17) is 4.74 Å². The first-order valence-corrected chi connectivity index (χ1v) is 8.95. The monoisotopic (exact) mass is 331 g/mol. The summed E-state index contributed by atoms with van der Waals surface area (Å²) in [6.45, 7) is 2.32. The van der Waals surface area contributed by atoms with Crippen LogP contribution in [0.25, 0.3) is 0 Å². The molecule has 122 valence electrons. The van der Waals surface area contributed by atoms with Crippen molar-refractivity contribution in [3.8, 4) is 5.88 Å². The zero-order valence-electron chi connectivity index (χ0n) is 13.0. The average molecular weight is 331 g/mol. The van der Waals surface area contributed by atoms with Gasteiger partial charge >= 0.3 is 0 Å². The lowest BCUT2D eigenvalue weighted by Gasteiger charge is -2.30. The molecule has 5 nitrogen and oxygen atoms in total. The van der Waals surface area contributed by atoms with Crippen molar-refractivity contribution in [2.24, 2.45) is 5.92 Å². The highest BCUT2D eigenvalue weighted by molar-refractivity contribution is 6.99. The maximum Gasteiger partial charge on any atom is 0.250 e. The molecule has 1 aromatic carbocycles. The van der Waals surface area contributed by atoms with Gasteiger partial charge in [-0.1, -0.05) is 30.3 Å². The van der Waals surface area contributed by atoms with Crippen LogP contribution in [0.3, 0.4) is 0 Å². The summed E-state index contributed by atoms with van der Waals surface area (Å²) in [5, 5.41) is 10.0. The molecule has 2 aliphatic heterocycles. The van der Waals surface area contributed by atoms with E-state index >= 15 is 0 Å². The number of hydrogen-bond acceptors (Lipinski definition) is 6. The van der Waals surface area contributed by atoms with E-state index in [9.17, 15) is 5.11 Å². The Bertz CT molecular complexity index is 646. The van der Waals surface area contributed by atoms with Crippen molar-refractivity contribution in [1.82, 2.24) is 13.6 Å². The first-order chi connectivity index (χ1) is 11.3. The number of rotatable bonds is 5. The molecule has 0 saturated carbocycles. The van der Waals surface area contributed by atoms with E-state index in [-0.39, 0.29) is 12.1 Å². The van der Waals surface area contributed by atoms with Crippen molar-refractivity contribution >= 4 is 11.7 Å². The van der Waals surface area contributed by atoms with Crippen LogP contribution in [0.15, 0.2) is 30.3 Å². The molecular weight excluding hydrogens is 310 g/mol. The van der Waals surface area contributed by atoms with Crippen molar-refractivity contribution in [3.05, 3.63) is 41.6 Å². The maximum absolute atomic E-state index is 10.0. The molecule has 0 aliphatic carbocycles. The summed E-state index contributed by atoms with van der Waals surface area (Å²) in [4.78, 5) is 2.33. The fourth-order valence-electron chi connectivity index (χ4n) is 3.69. The van der Waals surface area contributed by atoms with Gasteiger partial charge in [0.15, 0.2) is 0 Å². The predicted octanol–water partition coefficient (Wildman–Crippen LogP) is 2.29. The second-order valence-corrected chi connectivity index (χ2v) is 6.94. The SMILES string of the molecule is OC1CN2CC1CCC2c1nsnc1OCCc1ccccc1.